The first-order valence-electron chi connectivity index (χ1n) is 9.54. The fraction of sp³-hybridized carbons (Fsp3) is 0.444. The van der Waals surface area contributed by atoms with Gasteiger partial charge < -0.3 is 19.6 Å². The Morgan fingerprint density at radius 3 is 2.67 bits per heavy atom. The van der Waals surface area contributed by atoms with Crippen molar-refractivity contribution >= 4 is 33.0 Å². The second kappa shape index (κ2) is 8.79. The molecule has 3 aromatic rings. The molecule has 0 saturated carbocycles. The van der Waals surface area contributed by atoms with Crippen LogP contribution >= 0.6 is 0 Å². The molecule has 0 atom stereocenters. The minimum atomic E-state index is -3.64. The molecular weight excluding hydrogens is 410 g/mol. The molecule has 0 spiro atoms. The Morgan fingerprint density at radius 1 is 1.23 bits per heavy atom. The van der Waals surface area contributed by atoms with E-state index in [1.54, 1.807) is 31.8 Å². The zero-order valence-corrected chi connectivity index (χ0v) is 18.0. The van der Waals surface area contributed by atoms with E-state index in [2.05, 4.69) is 15.0 Å². The number of nitrogens with two attached hydrogens (primary N) is 1. The highest BCUT2D eigenvalue weighted by atomic mass is 32.2. The van der Waals surface area contributed by atoms with Crippen molar-refractivity contribution < 1.29 is 17.9 Å². The molecule has 12 heteroatoms. The van der Waals surface area contributed by atoms with Gasteiger partial charge in [-0.25, -0.2) is 28.2 Å². The Kier molecular flexibility index (Phi) is 6.37. The molecule has 3 rings (SSSR count). The van der Waals surface area contributed by atoms with E-state index < -0.39 is 16.0 Å². The van der Waals surface area contributed by atoms with E-state index in [4.69, 9.17) is 10.5 Å². The largest absolute Gasteiger partial charge is 0.461 e. The number of aryl methyl sites for hydroxylation is 2. The number of nitrogens with zero attached hydrogens (tertiary/aromatic N) is 6. The summed E-state index contributed by atoms with van der Waals surface area (Å²) in [4.78, 5) is 24.7. The Morgan fingerprint density at radius 2 is 1.97 bits per heavy atom. The second-order valence-electron chi connectivity index (χ2n) is 6.62. The van der Waals surface area contributed by atoms with Gasteiger partial charge in [0.2, 0.25) is 10.0 Å². The normalized spacial score (nSPS) is 12.0. The molecule has 30 heavy (non-hydrogen) atoms. The number of aromatic nitrogens is 5. The number of anilines is 1. The van der Waals surface area contributed by atoms with Crippen LogP contribution in [0.15, 0.2) is 29.8 Å². The third-order valence-corrected chi connectivity index (χ3v) is 6.75. The first-order chi connectivity index (χ1) is 14.3. The number of hydrogen-bond donors (Lipinski definition) is 1. The molecule has 11 nitrogen and oxygen atoms in total. The fourth-order valence-electron chi connectivity index (χ4n) is 3.13. The van der Waals surface area contributed by atoms with Crippen molar-refractivity contribution in [1.82, 2.24) is 28.4 Å². The maximum absolute atomic E-state index is 12.6. The third kappa shape index (κ3) is 4.14. The van der Waals surface area contributed by atoms with Crippen LogP contribution in [0.3, 0.4) is 0 Å². The van der Waals surface area contributed by atoms with E-state index >= 15 is 0 Å². The fourth-order valence-corrected chi connectivity index (χ4v) is 4.66. The molecule has 0 unspecified atom stereocenters. The quantitative estimate of drug-likeness (QED) is 0.388. The summed E-state index contributed by atoms with van der Waals surface area (Å²) in [7, 11) is -2.03. The summed E-state index contributed by atoms with van der Waals surface area (Å²) >= 11 is 0. The van der Waals surface area contributed by atoms with E-state index in [-0.39, 0.29) is 17.2 Å². The number of esters is 1. The molecule has 0 aliphatic heterocycles. The van der Waals surface area contributed by atoms with Gasteiger partial charge in [-0.3, -0.25) is 0 Å². The van der Waals surface area contributed by atoms with Crippen molar-refractivity contribution in [3.63, 3.8) is 0 Å². The molecule has 0 radical (unpaired) electrons. The van der Waals surface area contributed by atoms with Crippen LogP contribution in [-0.2, 0) is 28.4 Å². The van der Waals surface area contributed by atoms with Crippen LogP contribution < -0.4 is 5.73 Å². The van der Waals surface area contributed by atoms with Crippen molar-refractivity contribution in [1.29, 1.82) is 0 Å². The summed E-state index contributed by atoms with van der Waals surface area (Å²) in [6.07, 6.45) is 4.93. The van der Waals surface area contributed by atoms with Crippen molar-refractivity contribution in [2.75, 3.05) is 25.4 Å². The minimum Gasteiger partial charge on any atom is -0.461 e. The smallest absolute Gasteiger partial charge is 0.354 e. The first kappa shape index (κ1) is 21.7. The van der Waals surface area contributed by atoms with Gasteiger partial charge in [-0.1, -0.05) is 13.8 Å². The van der Waals surface area contributed by atoms with Gasteiger partial charge in [0.05, 0.1) is 12.9 Å². The zero-order valence-electron chi connectivity index (χ0n) is 17.1. The predicted molar refractivity (Wildman–Crippen MR) is 110 cm³/mol. The van der Waals surface area contributed by atoms with E-state index in [1.165, 1.54) is 27.5 Å². The van der Waals surface area contributed by atoms with Crippen molar-refractivity contribution in [3.05, 3.63) is 30.6 Å². The molecule has 0 saturated heterocycles. The Hall–Kier alpha value is -2.99. The molecule has 0 fully saturated rings. The number of fused-ring (bicyclic) bond motifs is 1. The first-order valence-corrected chi connectivity index (χ1v) is 11.0. The highest BCUT2D eigenvalue weighted by Gasteiger charge is 2.25. The number of nitrogen functional groups attached to an aromatic ring is 1. The van der Waals surface area contributed by atoms with Gasteiger partial charge in [-0.15, -0.1) is 0 Å². The third-order valence-electron chi connectivity index (χ3n) is 4.74. The van der Waals surface area contributed by atoms with Gasteiger partial charge in [0, 0.05) is 32.9 Å². The Labute approximate surface area is 174 Å². The highest BCUT2D eigenvalue weighted by Crippen LogP contribution is 2.19. The lowest BCUT2D eigenvalue weighted by Gasteiger charge is -2.17. The van der Waals surface area contributed by atoms with Crippen molar-refractivity contribution in [2.24, 2.45) is 7.05 Å². The molecule has 162 valence electrons. The van der Waals surface area contributed by atoms with Crippen LogP contribution in [0.1, 0.15) is 30.8 Å². The molecule has 3 aromatic heterocycles. The lowest BCUT2D eigenvalue weighted by Crippen LogP contribution is -2.30. The average molecular weight is 436 g/mol. The van der Waals surface area contributed by atoms with E-state index in [0.29, 0.717) is 43.0 Å². The summed E-state index contributed by atoms with van der Waals surface area (Å²) < 4.78 is 35.2. The van der Waals surface area contributed by atoms with Crippen LogP contribution in [0, 0.1) is 0 Å². The number of hydrogen-bond acceptors (Lipinski definition) is 8. The second-order valence-corrected chi connectivity index (χ2v) is 8.56. The molecule has 0 amide bonds. The standard InChI is InChI=1S/C18H25N7O4S/c1-4-25(5-2)30(27,28)13-9-14(23(3)10-13)18(26)29-8-6-7-24-12-22-15-16(19)20-11-21-17(15)24/h9-12H,4-8H2,1-3H3,(H2,19,20,21). The van der Waals surface area contributed by atoms with Gasteiger partial charge in [0.25, 0.3) is 0 Å². The number of carbonyl (C=O) groups excluding carboxylic acids is 1. The molecule has 0 aliphatic rings. The number of sulfonamides is 1. The number of ether oxygens (including phenoxy) is 1. The van der Waals surface area contributed by atoms with E-state index in [1.807, 2.05) is 0 Å². The highest BCUT2D eigenvalue weighted by molar-refractivity contribution is 7.89. The summed E-state index contributed by atoms with van der Waals surface area (Å²) in [5.41, 5.74) is 7.08. The van der Waals surface area contributed by atoms with Crippen molar-refractivity contribution in [3.8, 4) is 0 Å². The molecule has 2 N–H and O–H groups in total. The number of rotatable bonds is 9. The number of imidazole rings is 1. The van der Waals surface area contributed by atoms with Crippen LogP contribution in [0.25, 0.3) is 11.2 Å². The van der Waals surface area contributed by atoms with Gasteiger partial charge in [-0.05, 0) is 12.5 Å². The molecule has 0 aromatic carbocycles. The van der Waals surface area contributed by atoms with Gasteiger partial charge in [0.1, 0.15) is 22.4 Å². The molecule has 3 heterocycles. The summed E-state index contributed by atoms with van der Waals surface area (Å²) in [5.74, 6) is -0.273. The van der Waals surface area contributed by atoms with Gasteiger partial charge >= 0.3 is 5.97 Å². The predicted octanol–water partition coefficient (Wildman–Crippen LogP) is 1.02. The lowest BCUT2D eigenvalue weighted by molar-refractivity contribution is 0.0485. The molecule has 0 bridgehead atoms. The SMILES string of the molecule is CCN(CC)S(=O)(=O)c1cc(C(=O)OCCCn2cnc3c(N)ncnc32)n(C)c1. The maximum atomic E-state index is 12.6. The number of carbonyl (C=O) groups is 1. The minimum absolute atomic E-state index is 0.0720. The monoisotopic (exact) mass is 435 g/mol. The summed E-state index contributed by atoms with van der Waals surface area (Å²) in [5, 5.41) is 0. The average Bonchev–Trinajstić information content (AvgIpc) is 3.31. The molecule has 0 aliphatic carbocycles. The van der Waals surface area contributed by atoms with E-state index in [9.17, 15) is 13.2 Å². The van der Waals surface area contributed by atoms with Crippen LogP contribution in [0.2, 0.25) is 0 Å². The lowest BCUT2D eigenvalue weighted by atomic mass is 10.4. The van der Waals surface area contributed by atoms with Gasteiger partial charge in [0.15, 0.2) is 11.5 Å². The van der Waals surface area contributed by atoms with E-state index in [0.717, 1.165) is 0 Å². The summed E-state index contributed by atoms with van der Waals surface area (Å²) in [6, 6.07) is 1.35. The van der Waals surface area contributed by atoms with Crippen molar-refractivity contribution in [2.45, 2.75) is 31.7 Å². The summed E-state index contributed by atoms with van der Waals surface area (Å²) in [6.45, 7) is 4.92. The maximum Gasteiger partial charge on any atom is 0.354 e. The van der Waals surface area contributed by atoms with Crippen LogP contribution in [-0.4, -0.2) is 62.5 Å². The Balaban J connectivity index is 1.61. The van der Waals surface area contributed by atoms with Gasteiger partial charge in [-0.2, -0.15) is 4.31 Å². The topological polar surface area (TPSA) is 138 Å². The molecular formula is C18H25N7O4S. The van der Waals surface area contributed by atoms with Crippen LogP contribution in [0.4, 0.5) is 5.82 Å². The zero-order chi connectivity index (χ0) is 21.9. The Bertz CT molecular complexity index is 1150. The van der Waals surface area contributed by atoms with Crippen LogP contribution in [0.5, 0.6) is 0 Å².